The van der Waals surface area contributed by atoms with Crippen LogP contribution in [0.2, 0.25) is 0 Å². The van der Waals surface area contributed by atoms with Crippen LogP contribution < -0.4 is 10.9 Å². The largest absolute Gasteiger partial charge is 0.273 e. The lowest BCUT2D eigenvalue weighted by Gasteiger charge is -2.10. The van der Waals surface area contributed by atoms with Gasteiger partial charge in [0.2, 0.25) is 5.91 Å². The molecule has 0 saturated carbocycles. The van der Waals surface area contributed by atoms with Gasteiger partial charge in [-0.05, 0) is 30.5 Å². The van der Waals surface area contributed by atoms with Gasteiger partial charge >= 0.3 is 0 Å². The number of hydrogen-bond donors (Lipinski definition) is 2. The van der Waals surface area contributed by atoms with E-state index in [-0.39, 0.29) is 29.4 Å². The van der Waals surface area contributed by atoms with Gasteiger partial charge in [-0.1, -0.05) is 0 Å². The molecule has 2 rings (SSSR count). The first-order valence-corrected chi connectivity index (χ1v) is 8.33. The number of hydrogen-bond acceptors (Lipinski definition) is 4. The highest BCUT2D eigenvalue weighted by atomic mass is 32.2. The molecule has 1 aromatic rings. The summed E-state index contributed by atoms with van der Waals surface area (Å²) in [6.45, 7) is 0. The summed E-state index contributed by atoms with van der Waals surface area (Å²) < 4.78 is 48.3. The van der Waals surface area contributed by atoms with Crippen molar-refractivity contribution in [2.75, 3.05) is 11.5 Å². The van der Waals surface area contributed by atoms with Gasteiger partial charge in [0.25, 0.3) is 5.91 Å². The zero-order valence-electron chi connectivity index (χ0n) is 11.4. The fourth-order valence-electron chi connectivity index (χ4n) is 2.18. The number of sulfone groups is 1. The van der Waals surface area contributed by atoms with E-state index in [1.165, 1.54) is 0 Å². The van der Waals surface area contributed by atoms with Gasteiger partial charge in [-0.15, -0.1) is 0 Å². The molecule has 1 fully saturated rings. The van der Waals surface area contributed by atoms with Gasteiger partial charge < -0.3 is 0 Å². The van der Waals surface area contributed by atoms with Crippen LogP contribution in [0.15, 0.2) is 18.2 Å². The van der Waals surface area contributed by atoms with E-state index >= 15 is 0 Å². The van der Waals surface area contributed by atoms with Crippen molar-refractivity contribution in [1.29, 1.82) is 0 Å². The molecule has 1 heterocycles. The third-order valence-electron chi connectivity index (χ3n) is 3.30. The van der Waals surface area contributed by atoms with Crippen molar-refractivity contribution in [2.24, 2.45) is 5.92 Å². The molecule has 0 aliphatic carbocycles. The molecule has 120 valence electrons. The molecule has 2 N–H and O–H groups in total. The molecule has 0 bridgehead atoms. The number of hydrazine groups is 1. The number of benzene rings is 1. The van der Waals surface area contributed by atoms with Crippen molar-refractivity contribution < 1.29 is 26.8 Å². The minimum Gasteiger partial charge on any atom is -0.273 e. The molecule has 0 aromatic heterocycles. The first-order chi connectivity index (χ1) is 10.3. The molecule has 9 heteroatoms. The molecule has 1 atom stereocenters. The predicted octanol–water partition coefficient (Wildman–Crippen LogP) is 0.551. The lowest BCUT2D eigenvalue weighted by Crippen LogP contribution is -2.42. The van der Waals surface area contributed by atoms with Crippen molar-refractivity contribution in [3.63, 3.8) is 0 Å². The topological polar surface area (TPSA) is 92.3 Å². The van der Waals surface area contributed by atoms with E-state index in [1.807, 2.05) is 0 Å². The summed E-state index contributed by atoms with van der Waals surface area (Å²) in [7, 11) is -3.07. The molecule has 1 aliphatic heterocycles. The monoisotopic (exact) mass is 332 g/mol. The van der Waals surface area contributed by atoms with Crippen molar-refractivity contribution in [3.05, 3.63) is 35.4 Å². The van der Waals surface area contributed by atoms with E-state index in [2.05, 4.69) is 10.9 Å². The van der Waals surface area contributed by atoms with Crippen molar-refractivity contribution in [1.82, 2.24) is 10.9 Å². The van der Waals surface area contributed by atoms with Crippen LogP contribution in [0.25, 0.3) is 0 Å². The molecule has 0 unspecified atom stereocenters. The quantitative estimate of drug-likeness (QED) is 0.791. The maximum atomic E-state index is 13.0. The second-order valence-electron chi connectivity index (χ2n) is 5.10. The summed E-state index contributed by atoms with van der Waals surface area (Å²) in [5, 5.41) is 0. The molecule has 1 saturated heterocycles. The maximum absolute atomic E-state index is 13.0. The normalized spacial score (nSPS) is 19.6. The van der Waals surface area contributed by atoms with Gasteiger partial charge in [-0.2, -0.15) is 0 Å². The average Bonchev–Trinajstić information content (AvgIpc) is 2.78. The Hall–Kier alpha value is -2.03. The second-order valence-corrected chi connectivity index (χ2v) is 7.33. The van der Waals surface area contributed by atoms with E-state index in [9.17, 15) is 26.8 Å². The highest BCUT2D eigenvalue weighted by molar-refractivity contribution is 7.91. The Morgan fingerprint density at radius 3 is 2.50 bits per heavy atom. The van der Waals surface area contributed by atoms with Crippen molar-refractivity contribution in [3.8, 4) is 0 Å². The lowest BCUT2D eigenvalue weighted by atomic mass is 10.1. The Labute approximate surface area is 125 Å². The average molecular weight is 332 g/mol. The summed E-state index contributed by atoms with van der Waals surface area (Å²) in [6.07, 6.45) is 0.379. The standard InChI is InChI=1S/C13H14F2N2O4S/c14-10-2-1-9(6-11(10)15)13(19)17-16-12(18)5-8-3-4-22(20,21)7-8/h1-2,6,8H,3-5,7H2,(H,16,18)(H,17,19)/t8-/m0/s1. The molecule has 1 aromatic carbocycles. The van der Waals surface area contributed by atoms with Gasteiger partial charge in [0, 0.05) is 12.0 Å². The van der Waals surface area contributed by atoms with Gasteiger partial charge in [-0.25, -0.2) is 17.2 Å². The molecule has 0 radical (unpaired) electrons. The van der Waals surface area contributed by atoms with Crippen LogP contribution in [0.1, 0.15) is 23.2 Å². The zero-order chi connectivity index (χ0) is 16.3. The highest BCUT2D eigenvalue weighted by Gasteiger charge is 2.29. The Kier molecular flexibility index (Phi) is 4.74. The van der Waals surface area contributed by atoms with E-state index in [4.69, 9.17) is 0 Å². The molecular weight excluding hydrogens is 318 g/mol. The fraction of sp³-hybridized carbons (Fsp3) is 0.385. The van der Waals surface area contributed by atoms with E-state index in [0.717, 1.165) is 12.1 Å². The SMILES string of the molecule is O=C(C[C@@H]1CCS(=O)(=O)C1)NNC(=O)c1ccc(F)c(F)c1. The minimum absolute atomic E-state index is 0.0305. The fourth-order valence-corrected chi connectivity index (χ4v) is 4.04. The minimum atomic E-state index is -3.07. The van der Waals surface area contributed by atoms with Crippen LogP contribution in [-0.4, -0.2) is 31.7 Å². The van der Waals surface area contributed by atoms with Gasteiger partial charge in [-0.3, -0.25) is 20.4 Å². The molecule has 1 aliphatic rings. The van der Waals surface area contributed by atoms with Gasteiger partial charge in [0.05, 0.1) is 11.5 Å². The third kappa shape index (κ3) is 4.23. The maximum Gasteiger partial charge on any atom is 0.269 e. The Morgan fingerprint density at radius 1 is 1.18 bits per heavy atom. The van der Waals surface area contributed by atoms with Crippen LogP contribution >= 0.6 is 0 Å². The van der Waals surface area contributed by atoms with Crippen molar-refractivity contribution in [2.45, 2.75) is 12.8 Å². The number of rotatable bonds is 3. The Balaban J connectivity index is 1.83. The Bertz CT molecular complexity index is 706. The van der Waals surface area contributed by atoms with Crippen LogP contribution in [-0.2, 0) is 14.6 Å². The van der Waals surface area contributed by atoms with Gasteiger partial charge in [0.15, 0.2) is 21.5 Å². The first kappa shape index (κ1) is 16.3. The van der Waals surface area contributed by atoms with Crippen LogP contribution in [0, 0.1) is 17.6 Å². The van der Waals surface area contributed by atoms with E-state index in [0.29, 0.717) is 12.5 Å². The number of carbonyl (C=O) groups is 2. The smallest absolute Gasteiger partial charge is 0.269 e. The summed E-state index contributed by atoms with van der Waals surface area (Å²) in [5.74, 6) is -3.85. The van der Waals surface area contributed by atoms with Crippen LogP contribution in [0.5, 0.6) is 0 Å². The van der Waals surface area contributed by atoms with E-state index in [1.54, 1.807) is 0 Å². The predicted molar refractivity (Wildman–Crippen MR) is 73.3 cm³/mol. The summed E-state index contributed by atoms with van der Waals surface area (Å²) in [5.41, 5.74) is 4.03. The molecule has 22 heavy (non-hydrogen) atoms. The lowest BCUT2D eigenvalue weighted by molar-refractivity contribution is -0.122. The number of amides is 2. The van der Waals surface area contributed by atoms with E-state index < -0.39 is 33.3 Å². The number of nitrogens with one attached hydrogen (secondary N) is 2. The van der Waals surface area contributed by atoms with Crippen molar-refractivity contribution >= 4 is 21.7 Å². The van der Waals surface area contributed by atoms with Gasteiger partial charge in [0.1, 0.15) is 0 Å². The number of carbonyl (C=O) groups excluding carboxylic acids is 2. The first-order valence-electron chi connectivity index (χ1n) is 6.51. The molecule has 0 spiro atoms. The highest BCUT2D eigenvalue weighted by Crippen LogP contribution is 2.21. The van der Waals surface area contributed by atoms with Crippen LogP contribution in [0.3, 0.4) is 0 Å². The molecular formula is C13H14F2N2O4S. The zero-order valence-corrected chi connectivity index (χ0v) is 12.3. The van der Waals surface area contributed by atoms with Crippen LogP contribution in [0.4, 0.5) is 8.78 Å². The molecule has 2 amide bonds. The summed E-state index contributed by atoms with van der Waals surface area (Å²) in [6, 6.07) is 2.58. The Morgan fingerprint density at radius 2 is 1.91 bits per heavy atom. The summed E-state index contributed by atoms with van der Waals surface area (Å²) >= 11 is 0. The summed E-state index contributed by atoms with van der Waals surface area (Å²) in [4.78, 5) is 23.3. The third-order valence-corrected chi connectivity index (χ3v) is 5.14. The molecule has 6 nitrogen and oxygen atoms in total. The number of halogens is 2. The second kappa shape index (κ2) is 6.39.